The molecule has 0 aliphatic carbocycles. The van der Waals surface area contributed by atoms with Crippen LogP contribution < -0.4 is 5.32 Å². The molecule has 0 amide bonds. The van der Waals surface area contributed by atoms with Gasteiger partial charge < -0.3 is 5.32 Å². The van der Waals surface area contributed by atoms with Gasteiger partial charge in [0.1, 0.15) is 11.9 Å². The zero-order chi connectivity index (χ0) is 16.4. The summed E-state index contributed by atoms with van der Waals surface area (Å²) in [6, 6.07) is 3.22. The molecule has 0 aromatic carbocycles. The Morgan fingerprint density at radius 3 is 2.39 bits per heavy atom. The lowest BCUT2D eigenvalue weighted by molar-refractivity contribution is -0.138. The topological polar surface area (TPSA) is 63.6 Å². The first-order chi connectivity index (χ1) is 10.9. The van der Waals surface area contributed by atoms with Crippen molar-refractivity contribution >= 4 is 16.7 Å². The molecule has 0 saturated carbocycles. The van der Waals surface area contributed by atoms with Crippen molar-refractivity contribution in [1.29, 1.82) is 0 Å². The van der Waals surface area contributed by atoms with Crippen LogP contribution in [0.3, 0.4) is 0 Å². The van der Waals surface area contributed by atoms with E-state index in [0.29, 0.717) is 22.3 Å². The number of halogens is 3. The second kappa shape index (κ2) is 5.79. The van der Waals surface area contributed by atoms with Gasteiger partial charge in [-0.2, -0.15) is 13.2 Å². The fourth-order valence-corrected chi connectivity index (χ4v) is 2.01. The minimum atomic E-state index is -4.37. The van der Waals surface area contributed by atoms with Crippen molar-refractivity contribution in [3.63, 3.8) is 0 Å². The number of nitrogens with one attached hydrogen (secondary N) is 1. The van der Waals surface area contributed by atoms with Crippen LogP contribution in [0.25, 0.3) is 22.3 Å². The largest absolute Gasteiger partial charge is 0.408 e. The highest BCUT2D eigenvalue weighted by Crippen LogP contribution is 2.28. The van der Waals surface area contributed by atoms with Gasteiger partial charge in [0.05, 0.1) is 11.7 Å². The van der Waals surface area contributed by atoms with Gasteiger partial charge in [-0.05, 0) is 25.1 Å². The Labute approximate surface area is 129 Å². The molecular formula is C15H12F3N5. The standard InChI is InChI=1S/C15H12F3N5/c1-9(15(16,17)18)21-14-11-4-7-20-8-12(11)22-13(23-14)10-2-5-19-6-3-10/h2-9H,1H3,(H,21,22,23). The number of hydrogen-bond donors (Lipinski definition) is 1. The number of pyridine rings is 2. The number of rotatable bonds is 3. The van der Waals surface area contributed by atoms with Crippen molar-refractivity contribution < 1.29 is 13.2 Å². The highest BCUT2D eigenvalue weighted by Gasteiger charge is 2.36. The molecule has 8 heteroatoms. The summed E-state index contributed by atoms with van der Waals surface area (Å²) in [4.78, 5) is 16.5. The minimum Gasteiger partial charge on any atom is -0.358 e. The Kier molecular flexibility index (Phi) is 3.81. The van der Waals surface area contributed by atoms with Crippen LogP contribution in [0.4, 0.5) is 19.0 Å². The van der Waals surface area contributed by atoms with E-state index >= 15 is 0 Å². The van der Waals surface area contributed by atoms with Crippen LogP contribution in [-0.2, 0) is 0 Å². The first-order valence-corrected chi connectivity index (χ1v) is 6.80. The van der Waals surface area contributed by atoms with Crippen molar-refractivity contribution in [2.45, 2.75) is 19.1 Å². The summed E-state index contributed by atoms with van der Waals surface area (Å²) in [6.07, 6.45) is 1.74. The predicted molar refractivity (Wildman–Crippen MR) is 79.7 cm³/mol. The van der Waals surface area contributed by atoms with Gasteiger partial charge in [0.15, 0.2) is 5.82 Å². The van der Waals surface area contributed by atoms with Gasteiger partial charge in [0.2, 0.25) is 0 Å². The molecule has 5 nitrogen and oxygen atoms in total. The Morgan fingerprint density at radius 1 is 1.00 bits per heavy atom. The summed E-state index contributed by atoms with van der Waals surface area (Å²) in [6.45, 7) is 1.04. The number of anilines is 1. The van der Waals surface area contributed by atoms with Crippen LogP contribution in [0, 0.1) is 0 Å². The maximum Gasteiger partial charge on any atom is 0.408 e. The predicted octanol–water partition coefficient (Wildman–Crippen LogP) is 3.45. The molecule has 0 aliphatic heterocycles. The van der Waals surface area contributed by atoms with Crippen molar-refractivity contribution in [3.05, 3.63) is 43.0 Å². The number of aromatic nitrogens is 4. The molecule has 3 aromatic rings. The Morgan fingerprint density at radius 2 is 1.70 bits per heavy atom. The van der Waals surface area contributed by atoms with E-state index in [0.717, 1.165) is 6.92 Å². The molecule has 0 aliphatic rings. The van der Waals surface area contributed by atoms with E-state index in [1.807, 2.05) is 0 Å². The van der Waals surface area contributed by atoms with Gasteiger partial charge in [0.25, 0.3) is 0 Å². The first kappa shape index (κ1) is 15.1. The summed E-state index contributed by atoms with van der Waals surface area (Å²) < 4.78 is 38.5. The summed E-state index contributed by atoms with van der Waals surface area (Å²) >= 11 is 0. The summed E-state index contributed by atoms with van der Waals surface area (Å²) in [5.74, 6) is 0.429. The maximum absolute atomic E-state index is 12.8. The highest BCUT2D eigenvalue weighted by molar-refractivity contribution is 5.90. The van der Waals surface area contributed by atoms with Gasteiger partial charge in [0, 0.05) is 29.5 Å². The van der Waals surface area contributed by atoms with E-state index in [-0.39, 0.29) is 5.82 Å². The molecule has 0 saturated heterocycles. The number of fused-ring (bicyclic) bond motifs is 1. The fourth-order valence-electron chi connectivity index (χ4n) is 2.01. The second-order valence-corrected chi connectivity index (χ2v) is 4.93. The normalized spacial score (nSPS) is 13.0. The van der Waals surface area contributed by atoms with Gasteiger partial charge in [-0.25, -0.2) is 9.97 Å². The van der Waals surface area contributed by atoms with Crippen LogP contribution in [0.15, 0.2) is 43.0 Å². The zero-order valence-electron chi connectivity index (χ0n) is 12.0. The van der Waals surface area contributed by atoms with Crippen molar-refractivity contribution in [2.75, 3.05) is 5.32 Å². The quantitative estimate of drug-likeness (QED) is 0.801. The molecule has 0 fully saturated rings. The SMILES string of the molecule is CC(Nc1nc(-c2ccncc2)nc2cnccc12)C(F)(F)F. The number of alkyl halides is 3. The second-order valence-electron chi connectivity index (χ2n) is 4.93. The summed E-state index contributed by atoms with van der Waals surface area (Å²) in [7, 11) is 0. The van der Waals surface area contributed by atoms with E-state index in [4.69, 9.17) is 0 Å². The van der Waals surface area contributed by atoms with Gasteiger partial charge >= 0.3 is 6.18 Å². The molecule has 0 radical (unpaired) electrons. The number of nitrogens with zero attached hydrogens (tertiary/aromatic N) is 4. The van der Waals surface area contributed by atoms with Crippen molar-refractivity contribution in [1.82, 2.24) is 19.9 Å². The molecule has 1 unspecified atom stereocenters. The third kappa shape index (κ3) is 3.20. The molecule has 0 spiro atoms. The fraction of sp³-hybridized carbons (Fsp3) is 0.200. The average molecular weight is 319 g/mol. The molecule has 23 heavy (non-hydrogen) atoms. The van der Waals surface area contributed by atoms with Gasteiger partial charge in [-0.15, -0.1) is 0 Å². The van der Waals surface area contributed by atoms with Crippen LogP contribution >= 0.6 is 0 Å². The Balaban J connectivity index is 2.12. The molecule has 118 valence electrons. The molecule has 3 aromatic heterocycles. The monoisotopic (exact) mass is 319 g/mol. The lowest BCUT2D eigenvalue weighted by Gasteiger charge is -2.19. The van der Waals surface area contributed by atoms with Crippen LogP contribution in [0.5, 0.6) is 0 Å². The molecule has 1 atom stereocenters. The third-order valence-corrected chi connectivity index (χ3v) is 3.28. The Bertz CT molecular complexity index is 820. The van der Waals surface area contributed by atoms with E-state index < -0.39 is 12.2 Å². The van der Waals surface area contributed by atoms with E-state index in [1.165, 1.54) is 12.4 Å². The molecular weight excluding hydrogens is 307 g/mol. The van der Waals surface area contributed by atoms with Gasteiger partial charge in [-0.3, -0.25) is 9.97 Å². The minimum absolute atomic E-state index is 0.119. The smallest absolute Gasteiger partial charge is 0.358 e. The molecule has 3 rings (SSSR count). The lowest BCUT2D eigenvalue weighted by atomic mass is 10.2. The Hall–Kier alpha value is -2.77. The van der Waals surface area contributed by atoms with Crippen LogP contribution in [0.2, 0.25) is 0 Å². The maximum atomic E-state index is 12.8. The summed E-state index contributed by atoms with van der Waals surface area (Å²) in [5, 5.41) is 2.90. The van der Waals surface area contributed by atoms with Crippen molar-refractivity contribution in [2.24, 2.45) is 0 Å². The molecule has 3 heterocycles. The zero-order valence-corrected chi connectivity index (χ0v) is 12.0. The summed E-state index contributed by atoms with van der Waals surface area (Å²) in [5.41, 5.74) is 1.12. The highest BCUT2D eigenvalue weighted by atomic mass is 19.4. The van der Waals surface area contributed by atoms with Crippen molar-refractivity contribution in [3.8, 4) is 11.4 Å². The average Bonchev–Trinajstić information content (AvgIpc) is 2.54. The van der Waals surface area contributed by atoms with E-state index in [2.05, 4.69) is 25.3 Å². The third-order valence-electron chi connectivity index (χ3n) is 3.28. The van der Waals surface area contributed by atoms with E-state index in [1.54, 1.807) is 30.6 Å². The van der Waals surface area contributed by atoms with Crippen LogP contribution in [0.1, 0.15) is 6.92 Å². The first-order valence-electron chi connectivity index (χ1n) is 6.80. The molecule has 1 N–H and O–H groups in total. The lowest BCUT2D eigenvalue weighted by Crippen LogP contribution is -2.33. The van der Waals surface area contributed by atoms with Gasteiger partial charge in [-0.1, -0.05) is 0 Å². The van der Waals surface area contributed by atoms with Crippen LogP contribution in [-0.4, -0.2) is 32.2 Å². The number of hydrogen-bond acceptors (Lipinski definition) is 5. The van der Waals surface area contributed by atoms with E-state index in [9.17, 15) is 13.2 Å². The molecule has 0 bridgehead atoms.